The Morgan fingerprint density at radius 3 is 2.73 bits per heavy atom. The van der Waals surface area contributed by atoms with Crippen LogP contribution in [0, 0.1) is 5.92 Å². The van der Waals surface area contributed by atoms with E-state index in [2.05, 4.69) is 18.7 Å². The van der Waals surface area contributed by atoms with Crippen molar-refractivity contribution in [2.45, 2.75) is 52.0 Å². The van der Waals surface area contributed by atoms with Crippen LogP contribution in [-0.2, 0) is 4.79 Å². The summed E-state index contributed by atoms with van der Waals surface area (Å²) in [4.78, 5) is 13.6. The highest BCUT2D eigenvalue weighted by molar-refractivity contribution is 5.76. The van der Waals surface area contributed by atoms with E-state index in [1.807, 2.05) is 0 Å². The van der Waals surface area contributed by atoms with E-state index in [4.69, 9.17) is 5.73 Å². The van der Waals surface area contributed by atoms with E-state index in [1.165, 1.54) is 19.3 Å². The molecule has 15 heavy (non-hydrogen) atoms. The first-order chi connectivity index (χ1) is 7.15. The van der Waals surface area contributed by atoms with Crippen molar-refractivity contribution < 1.29 is 4.79 Å². The quantitative estimate of drug-likeness (QED) is 0.706. The summed E-state index contributed by atoms with van der Waals surface area (Å²) in [5, 5.41) is 0. The molecule has 0 aromatic carbocycles. The van der Waals surface area contributed by atoms with Gasteiger partial charge in [0.05, 0.1) is 5.92 Å². The van der Waals surface area contributed by atoms with Gasteiger partial charge in [0.15, 0.2) is 0 Å². The number of carbonyl (C=O) groups is 1. The van der Waals surface area contributed by atoms with Gasteiger partial charge in [-0.3, -0.25) is 9.69 Å². The van der Waals surface area contributed by atoms with Crippen LogP contribution in [0.2, 0.25) is 0 Å². The Balaban J connectivity index is 2.36. The lowest BCUT2D eigenvalue weighted by molar-refractivity contribution is -0.123. The highest BCUT2D eigenvalue weighted by Gasteiger charge is 2.27. The number of nitrogens with zero attached hydrogens (tertiary/aromatic N) is 1. The topological polar surface area (TPSA) is 46.3 Å². The Bertz CT molecular complexity index is 206. The predicted molar refractivity (Wildman–Crippen MR) is 62.5 cm³/mol. The van der Waals surface area contributed by atoms with Gasteiger partial charge in [0.2, 0.25) is 5.91 Å². The van der Waals surface area contributed by atoms with Gasteiger partial charge in [-0.05, 0) is 32.7 Å². The summed E-state index contributed by atoms with van der Waals surface area (Å²) in [6, 6.07) is 0.623. The molecular formula is C12H24N2O. The molecule has 0 spiro atoms. The number of amides is 1. The van der Waals surface area contributed by atoms with Crippen molar-refractivity contribution in [3.8, 4) is 0 Å². The molecule has 1 fully saturated rings. The Labute approximate surface area is 93.0 Å². The Kier molecular flexibility index (Phi) is 5.09. The van der Waals surface area contributed by atoms with Crippen molar-refractivity contribution in [1.82, 2.24) is 4.90 Å². The van der Waals surface area contributed by atoms with E-state index in [9.17, 15) is 4.79 Å². The standard InChI is InChI=1S/C12H24N2O/c1-3-4-5-8-14-9-11(12(13)15)7-6-10(14)2/h10-11H,3-9H2,1-2H3,(H2,13,15). The van der Waals surface area contributed by atoms with Crippen molar-refractivity contribution in [2.75, 3.05) is 13.1 Å². The Morgan fingerprint density at radius 2 is 2.13 bits per heavy atom. The zero-order chi connectivity index (χ0) is 11.3. The fraction of sp³-hybridized carbons (Fsp3) is 0.917. The Morgan fingerprint density at radius 1 is 1.40 bits per heavy atom. The summed E-state index contributed by atoms with van der Waals surface area (Å²) < 4.78 is 0. The molecule has 88 valence electrons. The second kappa shape index (κ2) is 6.11. The summed E-state index contributed by atoms with van der Waals surface area (Å²) in [5.41, 5.74) is 5.36. The molecule has 1 rings (SSSR count). The van der Waals surface area contributed by atoms with Crippen molar-refractivity contribution in [3.05, 3.63) is 0 Å². The number of hydrogen-bond donors (Lipinski definition) is 1. The van der Waals surface area contributed by atoms with Crippen molar-refractivity contribution in [1.29, 1.82) is 0 Å². The van der Waals surface area contributed by atoms with Crippen molar-refractivity contribution in [2.24, 2.45) is 11.7 Å². The fourth-order valence-electron chi connectivity index (χ4n) is 2.29. The van der Waals surface area contributed by atoms with E-state index >= 15 is 0 Å². The summed E-state index contributed by atoms with van der Waals surface area (Å²) in [5.74, 6) is -0.0368. The molecule has 0 radical (unpaired) electrons. The predicted octanol–water partition coefficient (Wildman–Crippen LogP) is 1.76. The number of carbonyl (C=O) groups excluding carboxylic acids is 1. The summed E-state index contributed by atoms with van der Waals surface area (Å²) in [6.45, 7) is 6.47. The summed E-state index contributed by atoms with van der Waals surface area (Å²) in [7, 11) is 0. The molecule has 0 aliphatic carbocycles. The molecule has 0 aromatic rings. The minimum absolute atomic E-state index is 0.0860. The molecule has 0 aromatic heterocycles. The van der Waals surface area contributed by atoms with E-state index in [1.54, 1.807) is 0 Å². The van der Waals surface area contributed by atoms with E-state index < -0.39 is 0 Å². The number of unbranched alkanes of at least 4 members (excludes halogenated alkanes) is 2. The number of nitrogens with two attached hydrogens (primary N) is 1. The number of likely N-dealkylation sites (tertiary alicyclic amines) is 1. The maximum Gasteiger partial charge on any atom is 0.221 e. The van der Waals surface area contributed by atoms with Gasteiger partial charge in [-0.2, -0.15) is 0 Å². The summed E-state index contributed by atoms with van der Waals surface area (Å²) >= 11 is 0. The molecule has 1 amide bonds. The molecule has 1 aliphatic heterocycles. The summed E-state index contributed by atoms with van der Waals surface area (Å²) in [6.07, 6.45) is 5.86. The van der Waals surface area contributed by atoms with E-state index in [0.717, 1.165) is 25.9 Å². The second-order valence-electron chi connectivity index (χ2n) is 4.73. The number of rotatable bonds is 5. The molecule has 2 unspecified atom stereocenters. The molecule has 1 saturated heterocycles. The minimum Gasteiger partial charge on any atom is -0.369 e. The number of piperidine rings is 1. The zero-order valence-electron chi connectivity index (χ0n) is 10.0. The fourth-order valence-corrected chi connectivity index (χ4v) is 2.29. The first-order valence-corrected chi connectivity index (χ1v) is 6.18. The number of hydrogen-bond acceptors (Lipinski definition) is 2. The third-order valence-electron chi connectivity index (χ3n) is 3.46. The first-order valence-electron chi connectivity index (χ1n) is 6.18. The second-order valence-corrected chi connectivity index (χ2v) is 4.73. The largest absolute Gasteiger partial charge is 0.369 e. The van der Waals surface area contributed by atoms with Gasteiger partial charge in [-0.25, -0.2) is 0 Å². The maximum absolute atomic E-state index is 11.1. The maximum atomic E-state index is 11.1. The Hall–Kier alpha value is -0.570. The highest BCUT2D eigenvalue weighted by atomic mass is 16.1. The molecule has 0 bridgehead atoms. The monoisotopic (exact) mass is 212 g/mol. The third-order valence-corrected chi connectivity index (χ3v) is 3.46. The SMILES string of the molecule is CCCCCN1CC(C(N)=O)CCC1C. The average molecular weight is 212 g/mol. The van der Waals surface area contributed by atoms with E-state index in [-0.39, 0.29) is 11.8 Å². The van der Waals surface area contributed by atoms with Crippen LogP contribution in [0.4, 0.5) is 0 Å². The van der Waals surface area contributed by atoms with Gasteiger partial charge in [0, 0.05) is 12.6 Å². The molecular weight excluding hydrogens is 188 g/mol. The smallest absolute Gasteiger partial charge is 0.221 e. The molecule has 2 atom stereocenters. The van der Waals surface area contributed by atoms with Gasteiger partial charge in [-0.15, -0.1) is 0 Å². The van der Waals surface area contributed by atoms with Crippen LogP contribution < -0.4 is 5.73 Å². The molecule has 3 nitrogen and oxygen atoms in total. The molecule has 0 saturated carbocycles. The van der Waals surface area contributed by atoms with Gasteiger partial charge in [0.1, 0.15) is 0 Å². The third kappa shape index (κ3) is 3.82. The van der Waals surface area contributed by atoms with Crippen LogP contribution in [0.15, 0.2) is 0 Å². The van der Waals surface area contributed by atoms with E-state index in [0.29, 0.717) is 6.04 Å². The normalized spacial score (nSPS) is 27.9. The van der Waals surface area contributed by atoms with Gasteiger partial charge < -0.3 is 5.73 Å². The lowest BCUT2D eigenvalue weighted by Crippen LogP contribution is -2.46. The molecule has 1 heterocycles. The first kappa shape index (κ1) is 12.5. The lowest BCUT2D eigenvalue weighted by atomic mass is 9.93. The van der Waals surface area contributed by atoms with Crippen LogP contribution in [0.25, 0.3) is 0 Å². The van der Waals surface area contributed by atoms with Crippen molar-refractivity contribution in [3.63, 3.8) is 0 Å². The van der Waals surface area contributed by atoms with Crippen LogP contribution >= 0.6 is 0 Å². The lowest BCUT2D eigenvalue weighted by Gasteiger charge is -2.36. The van der Waals surface area contributed by atoms with Crippen LogP contribution in [0.5, 0.6) is 0 Å². The zero-order valence-corrected chi connectivity index (χ0v) is 10.0. The molecule has 2 N–H and O–H groups in total. The average Bonchev–Trinajstić information content (AvgIpc) is 2.20. The van der Waals surface area contributed by atoms with Crippen LogP contribution in [0.1, 0.15) is 46.0 Å². The van der Waals surface area contributed by atoms with Gasteiger partial charge >= 0.3 is 0 Å². The van der Waals surface area contributed by atoms with Crippen molar-refractivity contribution >= 4 is 5.91 Å². The highest BCUT2D eigenvalue weighted by Crippen LogP contribution is 2.21. The molecule has 1 aliphatic rings. The van der Waals surface area contributed by atoms with Gasteiger partial charge in [-0.1, -0.05) is 19.8 Å². The van der Waals surface area contributed by atoms with Gasteiger partial charge in [0.25, 0.3) is 0 Å². The van der Waals surface area contributed by atoms with Crippen LogP contribution in [0.3, 0.4) is 0 Å². The minimum atomic E-state index is -0.123. The molecule has 3 heteroatoms. The number of primary amides is 1. The van der Waals surface area contributed by atoms with Crippen LogP contribution in [-0.4, -0.2) is 29.9 Å².